The van der Waals surface area contributed by atoms with Gasteiger partial charge in [0.2, 0.25) is 0 Å². The van der Waals surface area contributed by atoms with Crippen molar-refractivity contribution in [2.45, 2.75) is 46.6 Å². The number of carbonyl (C=O) groups excluding carboxylic acids is 2. The van der Waals surface area contributed by atoms with Crippen LogP contribution in [0.3, 0.4) is 0 Å². The highest BCUT2D eigenvalue weighted by molar-refractivity contribution is 6.31. The summed E-state index contributed by atoms with van der Waals surface area (Å²) >= 11 is 6.33. The first-order chi connectivity index (χ1) is 18.8. The lowest BCUT2D eigenvalue weighted by Crippen LogP contribution is -2.29. The van der Waals surface area contributed by atoms with Crippen LogP contribution in [0.5, 0.6) is 17.2 Å². The average molecular weight is 551 g/mol. The van der Waals surface area contributed by atoms with Gasteiger partial charge in [0.25, 0.3) is 0 Å². The van der Waals surface area contributed by atoms with E-state index < -0.39 is 0 Å². The Labute approximate surface area is 234 Å². The number of hydrogen-bond acceptors (Lipinski definition) is 6. The van der Waals surface area contributed by atoms with Crippen molar-refractivity contribution in [1.82, 2.24) is 15.2 Å². The first-order valence-electron chi connectivity index (χ1n) is 13.3. The summed E-state index contributed by atoms with van der Waals surface area (Å²) in [5, 5.41) is 6.39. The molecule has 0 unspecified atom stereocenters. The van der Waals surface area contributed by atoms with Crippen molar-refractivity contribution in [2.24, 2.45) is 0 Å². The van der Waals surface area contributed by atoms with Gasteiger partial charge in [-0.15, -0.1) is 0 Å². The summed E-state index contributed by atoms with van der Waals surface area (Å²) in [6.07, 6.45) is 4.41. The Morgan fingerprint density at radius 2 is 1.82 bits per heavy atom. The molecule has 0 radical (unpaired) electrons. The molecule has 1 aromatic heterocycles. The van der Waals surface area contributed by atoms with Crippen molar-refractivity contribution in [3.63, 3.8) is 0 Å². The topological polar surface area (TPSA) is 92.8 Å². The lowest BCUT2D eigenvalue weighted by Gasteiger charge is -2.18. The fourth-order valence-corrected chi connectivity index (χ4v) is 4.54. The predicted molar refractivity (Wildman–Crippen MR) is 153 cm³/mol. The Morgan fingerprint density at radius 3 is 2.56 bits per heavy atom. The van der Waals surface area contributed by atoms with E-state index in [9.17, 15) is 9.59 Å². The summed E-state index contributed by atoms with van der Waals surface area (Å²) in [4.78, 5) is 31.2. The third kappa shape index (κ3) is 7.94. The summed E-state index contributed by atoms with van der Waals surface area (Å²) in [6.45, 7) is 9.52. The largest absolute Gasteiger partial charge is 0.490 e. The van der Waals surface area contributed by atoms with Crippen LogP contribution in [0.1, 0.15) is 53.4 Å². The SMILES string of the molecule is CCC(=O)c1cc(Oc2ccc(CNC(=O)Nc3cc(C)c(Cl)cc3OCCN3CCCC3)cc2C)ccn1. The maximum atomic E-state index is 12.7. The number of carbonyl (C=O) groups is 2. The number of likely N-dealkylation sites (tertiary alicyclic amines) is 1. The van der Waals surface area contributed by atoms with Crippen LogP contribution in [0.15, 0.2) is 48.7 Å². The van der Waals surface area contributed by atoms with E-state index in [1.165, 1.54) is 12.8 Å². The van der Waals surface area contributed by atoms with Crippen LogP contribution in [-0.4, -0.2) is 47.9 Å². The van der Waals surface area contributed by atoms with Gasteiger partial charge in [-0.05, 0) is 74.7 Å². The standard InChI is InChI=1S/C30H35ClN4O4/c1-4-27(36)25-17-23(9-10-32-25)39-28-8-7-22(15-21(28)3)19-33-30(37)34-26-16-20(2)24(31)18-29(26)38-14-13-35-11-5-6-12-35/h7-10,15-18H,4-6,11-14,19H2,1-3H3,(H2,33,34,37). The van der Waals surface area contributed by atoms with Crippen LogP contribution in [0.25, 0.3) is 0 Å². The van der Waals surface area contributed by atoms with Crippen LogP contribution in [0.2, 0.25) is 5.02 Å². The second-order valence-electron chi connectivity index (χ2n) is 9.66. The quantitative estimate of drug-likeness (QED) is 0.264. The number of aryl methyl sites for hydroxylation is 2. The van der Waals surface area contributed by atoms with Gasteiger partial charge in [0, 0.05) is 42.9 Å². The van der Waals surface area contributed by atoms with Crippen LogP contribution < -0.4 is 20.1 Å². The van der Waals surface area contributed by atoms with Crippen LogP contribution in [-0.2, 0) is 6.54 Å². The molecule has 206 valence electrons. The molecule has 1 saturated heterocycles. The number of Topliss-reactive ketones (excluding diaryl/α,β-unsaturated/α-hetero) is 1. The van der Waals surface area contributed by atoms with Crippen molar-refractivity contribution in [2.75, 3.05) is 31.6 Å². The Morgan fingerprint density at radius 1 is 1.03 bits per heavy atom. The van der Waals surface area contributed by atoms with E-state index in [4.69, 9.17) is 21.1 Å². The van der Waals surface area contributed by atoms with E-state index in [-0.39, 0.29) is 11.8 Å². The minimum absolute atomic E-state index is 0.0357. The summed E-state index contributed by atoms with van der Waals surface area (Å²) in [7, 11) is 0. The van der Waals surface area contributed by atoms with E-state index >= 15 is 0 Å². The van der Waals surface area contributed by atoms with Gasteiger partial charge in [-0.3, -0.25) is 14.7 Å². The van der Waals surface area contributed by atoms with Gasteiger partial charge < -0.3 is 20.1 Å². The van der Waals surface area contributed by atoms with Crippen molar-refractivity contribution >= 4 is 29.1 Å². The monoisotopic (exact) mass is 550 g/mol. The molecule has 9 heteroatoms. The number of aromatic nitrogens is 1. The number of hydrogen-bond donors (Lipinski definition) is 2. The van der Waals surface area contributed by atoms with Crippen molar-refractivity contribution in [1.29, 1.82) is 0 Å². The van der Waals surface area contributed by atoms with Crippen molar-refractivity contribution in [3.8, 4) is 17.2 Å². The van der Waals surface area contributed by atoms with Crippen molar-refractivity contribution in [3.05, 3.63) is 76.1 Å². The third-order valence-electron chi connectivity index (χ3n) is 6.63. The smallest absolute Gasteiger partial charge is 0.319 e. The molecule has 8 nitrogen and oxygen atoms in total. The Bertz CT molecular complexity index is 1320. The second kappa shape index (κ2) is 13.4. The van der Waals surface area contributed by atoms with Gasteiger partial charge in [0.15, 0.2) is 5.78 Å². The first-order valence-corrected chi connectivity index (χ1v) is 13.7. The Kier molecular flexibility index (Phi) is 9.79. The van der Waals surface area contributed by atoms with Crippen molar-refractivity contribution < 1.29 is 19.1 Å². The molecule has 0 saturated carbocycles. The number of halogens is 1. The molecule has 1 fully saturated rings. The minimum atomic E-state index is -0.344. The van der Waals surface area contributed by atoms with Gasteiger partial charge in [-0.2, -0.15) is 0 Å². The molecule has 0 spiro atoms. The number of ether oxygens (including phenoxy) is 2. The molecule has 0 bridgehead atoms. The molecule has 2 amide bonds. The number of nitrogens with one attached hydrogen (secondary N) is 2. The van der Waals surface area contributed by atoms with E-state index in [1.54, 1.807) is 31.3 Å². The first kappa shape index (κ1) is 28.4. The Hall–Kier alpha value is -3.62. The molecule has 0 aliphatic carbocycles. The highest BCUT2D eigenvalue weighted by Gasteiger charge is 2.14. The zero-order chi connectivity index (χ0) is 27.8. The lowest BCUT2D eigenvalue weighted by atomic mass is 10.1. The predicted octanol–water partition coefficient (Wildman–Crippen LogP) is 6.53. The number of ketones is 1. The molecule has 2 aromatic carbocycles. The molecular weight excluding hydrogens is 516 g/mol. The summed E-state index contributed by atoms with van der Waals surface area (Å²) < 4.78 is 12.0. The minimum Gasteiger partial charge on any atom is -0.490 e. The molecule has 3 aromatic rings. The second-order valence-corrected chi connectivity index (χ2v) is 10.1. The molecule has 4 rings (SSSR count). The molecule has 2 N–H and O–H groups in total. The number of urea groups is 1. The number of pyridine rings is 1. The van der Waals surface area contributed by atoms with E-state index in [0.29, 0.717) is 53.2 Å². The van der Waals surface area contributed by atoms with E-state index in [0.717, 1.165) is 36.3 Å². The van der Waals surface area contributed by atoms with Gasteiger partial charge >= 0.3 is 6.03 Å². The van der Waals surface area contributed by atoms with Crippen LogP contribution in [0, 0.1) is 13.8 Å². The number of amides is 2. The van der Waals surface area contributed by atoms with Gasteiger partial charge in [-0.1, -0.05) is 30.7 Å². The average Bonchev–Trinajstić information content (AvgIpc) is 3.45. The van der Waals surface area contributed by atoms with Gasteiger partial charge in [0.05, 0.1) is 5.69 Å². The number of rotatable bonds is 11. The van der Waals surface area contributed by atoms with Crippen LogP contribution in [0.4, 0.5) is 10.5 Å². The lowest BCUT2D eigenvalue weighted by molar-refractivity contribution is 0.0983. The zero-order valence-electron chi connectivity index (χ0n) is 22.7. The fraction of sp³-hybridized carbons (Fsp3) is 0.367. The summed E-state index contributed by atoms with van der Waals surface area (Å²) in [6, 6.07) is 12.3. The van der Waals surface area contributed by atoms with Gasteiger partial charge in [0.1, 0.15) is 29.5 Å². The number of anilines is 1. The summed E-state index contributed by atoms with van der Waals surface area (Å²) in [5.41, 5.74) is 3.63. The summed E-state index contributed by atoms with van der Waals surface area (Å²) in [5.74, 6) is 1.73. The molecular formula is C30H35ClN4O4. The third-order valence-corrected chi connectivity index (χ3v) is 7.04. The molecule has 0 atom stereocenters. The number of benzene rings is 2. The maximum Gasteiger partial charge on any atom is 0.319 e. The molecule has 1 aliphatic rings. The molecule has 2 heterocycles. The zero-order valence-corrected chi connectivity index (χ0v) is 23.4. The highest BCUT2D eigenvalue weighted by atomic mass is 35.5. The molecule has 1 aliphatic heterocycles. The van der Waals surface area contributed by atoms with E-state index in [1.807, 2.05) is 38.1 Å². The highest BCUT2D eigenvalue weighted by Crippen LogP contribution is 2.31. The normalized spacial score (nSPS) is 13.2. The van der Waals surface area contributed by atoms with Crippen LogP contribution >= 0.6 is 11.6 Å². The molecule has 39 heavy (non-hydrogen) atoms. The number of nitrogens with zero attached hydrogens (tertiary/aromatic N) is 2. The fourth-order valence-electron chi connectivity index (χ4n) is 4.39. The Balaban J connectivity index is 1.33. The van der Waals surface area contributed by atoms with Gasteiger partial charge in [-0.25, -0.2) is 4.79 Å². The van der Waals surface area contributed by atoms with E-state index in [2.05, 4.69) is 20.5 Å². The maximum absolute atomic E-state index is 12.7.